The molecule has 0 radical (unpaired) electrons. The monoisotopic (exact) mass is 646 g/mol. The lowest BCUT2D eigenvalue weighted by atomic mass is 10.0. The molecular formula is C30H39ClN6O8. The van der Waals surface area contributed by atoms with E-state index in [-0.39, 0.29) is 52.7 Å². The molecule has 14 nitrogen and oxygen atoms in total. The number of aliphatic hydroxyl groups is 1. The van der Waals surface area contributed by atoms with Gasteiger partial charge in [-0.15, -0.1) is 0 Å². The van der Waals surface area contributed by atoms with Crippen molar-refractivity contribution in [1.82, 2.24) is 20.9 Å². The number of carbonyl (C=O) groups excluding carboxylic acids is 4. The molecule has 0 bridgehead atoms. The molecule has 0 aromatic heterocycles. The number of benzene rings is 2. The Balaban J connectivity index is 1.24. The minimum absolute atomic E-state index is 0.0735. The third-order valence-electron chi connectivity index (χ3n) is 7.73. The molecule has 4 rings (SSSR count). The van der Waals surface area contributed by atoms with Crippen molar-refractivity contribution < 1.29 is 38.5 Å². The first kappa shape index (κ1) is 33.9. The van der Waals surface area contributed by atoms with Crippen molar-refractivity contribution in [3.8, 4) is 5.75 Å². The maximum atomic E-state index is 13.0. The number of nitrogens with zero attached hydrogens (tertiary/aromatic N) is 1. The minimum atomic E-state index is -1.93. The minimum Gasteiger partial charge on any atom is -0.496 e. The molecule has 45 heavy (non-hydrogen) atoms. The molecule has 2 aromatic carbocycles. The molecule has 2 fully saturated rings. The third kappa shape index (κ3) is 9.28. The van der Waals surface area contributed by atoms with Gasteiger partial charge < -0.3 is 46.3 Å². The molecule has 2 aliphatic heterocycles. The predicted molar refractivity (Wildman–Crippen MR) is 166 cm³/mol. The molecule has 0 aliphatic carbocycles. The van der Waals surface area contributed by atoms with E-state index in [1.165, 1.54) is 43.5 Å². The Morgan fingerprint density at radius 2 is 1.80 bits per heavy atom. The molecule has 15 heteroatoms. The Labute approximate surface area is 265 Å². The summed E-state index contributed by atoms with van der Waals surface area (Å²) in [6.45, 7) is 2.51. The average Bonchev–Trinajstić information content (AvgIpc) is 3.03. The fourth-order valence-electron chi connectivity index (χ4n) is 5.24. The van der Waals surface area contributed by atoms with Crippen molar-refractivity contribution in [3.05, 3.63) is 52.5 Å². The maximum absolute atomic E-state index is 13.0. The number of carbonyl (C=O) groups is 4. The van der Waals surface area contributed by atoms with Crippen LogP contribution < -0.4 is 31.7 Å². The molecule has 0 spiro atoms. The topological polar surface area (TPSA) is 194 Å². The molecule has 2 saturated heterocycles. The van der Waals surface area contributed by atoms with Gasteiger partial charge >= 0.3 is 5.97 Å². The second kappa shape index (κ2) is 15.9. The molecule has 3 amide bonds. The number of rotatable bonds is 11. The van der Waals surface area contributed by atoms with E-state index in [4.69, 9.17) is 31.5 Å². The Hall–Kier alpha value is -3.95. The fraction of sp³-hybridized carbons (Fsp3) is 0.467. The van der Waals surface area contributed by atoms with Gasteiger partial charge in [-0.1, -0.05) is 11.6 Å². The Morgan fingerprint density at radius 1 is 1.09 bits per heavy atom. The van der Waals surface area contributed by atoms with Gasteiger partial charge in [0.1, 0.15) is 5.75 Å². The molecule has 7 N–H and O–H groups in total. The number of nitrogen functional groups attached to an aromatic ring is 1. The van der Waals surface area contributed by atoms with E-state index in [0.29, 0.717) is 36.6 Å². The first-order valence-corrected chi connectivity index (χ1v) is 14.9. The lowest BCUT2D eigenvalue weighted by molar-refractivity contribution is -0.149. The summed E-state index contributed by atoms with van der Waals surface area (Å²) in [5, 5.41) is 21.9. The highest BCUT2D eigenvalue weighted by molar-refractivity contribution is 6.33. The number of likely N-dealkylation sites (tertiary alicyclic amines) is 1. The summed E-state index contributed by atoms with van der Waals surface area (Å²) in [7, 11) is 2.98. The number of amides is 3. The Kier molecular flexibility index (Phi) is 12.0. The first-order chi connectivity index (χ1) is 21.6. The summed E-state index contributed by atoms with van der Waals surface area (Å²) in [5.74, 6) is -2.01. The van der Waals surface area contributed by atoms with Crippen molar-refractivity contribution in [2.45, 2.75) is 43.7 Å². The van der Waals surface area contributed by atoms with Crippen LogP contribution in [0.4, 0.5) is 11.4 Å². The van der Waals surface area contributed by atoms with Crippen molar-refractivity contribution in [2.75, 3.05) is 58.0 Å². The van der Waals surface area contributed by atoms with Gasteiger partial charge in [-0.05, 0) is 62.7 Å². The molecule has 3 atom stereocenters. The molecule has 2 heterocycles. The summed E-state index contributed by atoms with van der Waals surface area (Å²) >= 11 is 6.11. The normalized spacial score (nSPS) is 19.6. The summed E-state index contributed by atoms with van der Waals surface area (Å²) in [6.07, 6.45) is -0.338. The van der Waals surface area contributed by atoms with E-state index < -0.39 is 18.2 Å². The van der Waals surface area contributed by atoms with Crippen LogP contribution in [0.25, 0.3) is 0 Å². The molecule has 2 aliphatic rings. The lowest BCUT2D eigenvalue weighted by Gasteiger charge is -2.37. The van der Waals surface area contributed by atoms with Crippen LogP contribution in [0.2, 0.25) is 5.02 Å². The molecule has 244 valence electrons. The number of nitrogens with one attached hydrogen (secondary N) is 4. The van der Waals surface area contributed by atoms with Crippen LogP contribution in [-0.2, 0) is 19.1 Å². The van der Waals surface area contributed by atoms with Gasteiger partial charge in [0.2, 0.25) is 5.91 Å². The molecular weight excluding hydrogens is 608 g/mol. The van der Waals surface area contributed by atoms with E-state index in [0.717, 1.165) is 25.9 Å². The highest BCUT2D eigenvalue weighted by atomic mass is 35.5. The van der Waals surface area contributed by atoms with Crippen molar-refractivity contribution in [3.63, 3.8) is 0 Å². The van der Waals surface area contributed by atoms with Crippen LogP contribution in [0.15, 0.2) is 36.4 Å². The van der Waals surface area contributed by atoms with Crippen molar-refractivity contribution in [1.29, 1.82) is 0 Å². The van der Waals surface area contributed by atoms with Gasteiger partial charge in [0.25, 0.3) is 18.1 Å². The molecule has 2 aromatic rings. The van der Waals surface area contributed by atoms with Gasteiger partial charge in [-0.3, -0.25) is 19.3 Å². The number of nitrogens with two attached hydrogens (primary N) is 1. The second-order valence-electron chi connectivity index (χ2n) is 10.9. The molecule has 1 unspecified atom stereocenters. The number of aliphatic hydroxyl groups excluding tert-OH is 1. The van der Waals surface area contributed by atoms with Crippen LogP contribution >= 0.6 is 11.6 Å². The van der Waals surface area contributed by atoms with Crippen LogP contribution in [-0.4, -0.2) is 105 Å². The van der Waals surface area contributed by atoms with Crippen LogP contribution in [0.3, 0.4) is 0 Å². The number of esters is 1. The highest BCUT2D eigenvalue weighted by Gasteiger charge is 2.32. The highest BCUT2D eigenvalue weighted by Crippen LogP contribution is 2.29. The van der Waals surface area contributed by atoms with E-state index in [1.54, 1.807) is 7.11 Å². The van der Waals surface area contributed by atoms with Gasteiger partial charge in [-0.2, -0.15) is 0 Å². The summed E-state index contributed by atoms with van der Waals surface area (Å²) in [5.41, 5.74) is 6.92. The number of methoxy groups -OCH3 is 2. The Bertz CT molecular complexity index is 1370. The predicted octanol–water partition coefficient (Wildman–Crippen LogP) is 0.732. The van der Waals surface area contributed by atoms with E-state index >= 15 is 0 Å². The first-order valence-electron chi connectivity index (χ1n) is 14.6. The summed E-state index contributed by atoms with van der Waals surface area (Å²) in [4.78, 5) is 52.3. The van der Waals surface area contributed by atoms with Crippen LogP contribution in [0.5, 0.6) is 5.75 Å². The third-order valence-corrected chi connectivity index (χ3v) is 8.05. The van der Waals surface area contributed by atoms with Gasteiger partial charge in [0.05, 0.1) is 47.6 Å². The number of hydrogen-bond donors (Lipinski definition) is 6. The van der Waals surface area contributed by atoms with Gasteiger partial charge in [0.15, 0.2) is 0 Å². The second-order valence-corrected chi connectivity index (χ2v) is 11.3. The number of ether oxygens (including phenoxy) is 3. The number of hydrogen-bond acceptors (Lipinski definition) is 11. The lowest BCUT2D eigenvalue weighted by Crippen LogP contribution is -2.55. The molecule has 0 saturated carbocycles. The van der Waals surface area contributed by atoms with Crippen molar-refractivity contribution in [2.24, 2.45) is 0 Å². The van der Waals surface area contributed by atoms with E-state index in [1.807, 2.05) is 4.90 Å². The van der Waals surface area contributed by atoms with Crippen LogP contribution in [0.1, 0.15) is 40.0 Å². The maximum Gasteiger partial charge on any atom is 0.340 e. The number of halogens is 1. The SMILES string of the molecule is COc1cc(N)c(Cl)cc1C(=O)N[C@@H]1CCN(CC(=O)Nc2ccc(C(=O)OC(O)C(=O)NC3CCNCC3)cc2)C[C@@H]1OC. The van der Waals surface area contributed by atoms with E-state index in [2.05, 4.69) is 21.3 Å². The summed E-state index contributed by atoms with van der Waals surface area (Å²) < 4.78 is 15.8. The quantitative estimate of drug-likeness (QED) is 0.115. The number of anilines is 2. The van der Waals surface area contributed by atoms with Crippen molar-refractivity contribution >= 4 is 46.7 Å². The van der Waals surface area contributed by atoms with E-state index in [9.17, 15) is 24.3 Å². The van der Waals surface area contributed by atoms with Gasteiger partial charge in [-0.25, -0.2) is 4.79 Å². The largest absolute Gasteiger partial charge is 0.496 e. The van der Waals surface area contributed by atoms with Gasteiger partial charge in [0, 0.05) is 38.0 Å². The Morgan fingerprint density at radius 3 is 2.47 bits per heavy atom. The fourth-order valence-corrected chi connectivity index (χ4v) is 5.41. The zero-order valence-corrected chi connectivity index (χ0v) is 25.9. The zero-order chi connectivity index (χ0) is 32.5. The summed E-state index contributed by atoms with van der Waals surface area (Å²) in [6, 6.07) is 8.44. The standard InChI is InChI=1S/C30H39ClN6O8/c1-43-24-14-22(32)21(31)13-20(24)27(39)36-23-9-12-37(15-25(23)44-2)16-26(38)34-18-5-3-17(4-6-18)29(41)45-30(42)28(40)35-19-7-10-33-11-8-19/h3-6,13-14,19,23,25,30,33,42H,7-12,15-16,32H2,1-2H3,(H,34,38)(H,35,40)(H,36,39)/t23-,25+,30?/m1/s1. The zero-order valence-electron chi connectivity index (χ0n) is 25.1. The smallest absolute Gasteiger partial charge is 0.340 e. The van der Waals surface area contributed by atoms with Crippen LogP contribution in [0, 0.1) is 0 Å². The number of piperidine rings is 2. The average molecular weight is 647 g/mol.